The normalized spacial score (nSPS) is 14.8. The molecule has 4 N–H and O–H groups in total. The molecule has 5 nitrogen and oxygen atoms in total. The van der Waals surface area contributed by atoms with E-state index in [2.05, 4.69) is 4.98 Å². The van der Waals surface area contributed by atoms with Crippen LogP contribution in [0.5, 0.6) is 0 Å². The molecule has 0 aliphatic rings. The van der Waals surface area contributed by atoms with E-state index in [9.17, 15) is 4.79 Å². The smallest absolute Gasteiger partial charge is 0.328 e. The Balaban J connectivity index is 3.24. The van der Waals surface area contributed by atoms with E-state index in [1.165, 1.54) is 25.4 Å². The van der Waals surface area contributed by atoms with E-state index in [0.717, 1.165) is 0 Å². The first-order chi connectivity index (χ1) is 6.50. The van der Waals surface area contributed by atoms with Gasteiger partial charge in [0.05, 0.1) is 6.61 Å². The Morgan fingerprint density at radius 2 is 2.36 bits per heavy atom. The minimum absolute atomic E-state index is 0.275. The van der Waals surface area contributed by atoms with E-state index >= 15 is 0 Å². The highest BCUT2D eigenvalue weighted by Crippen LogP contribution is 2.21. The number of aliphatic hydroxyl groups is 1. The Morgan fingerprint density at radius 3 is 2.86 bits per heavy atom. The van der Waals surface area contributed by atoms with Crippen molar-refractivity contribution in [3.8, 4) is 0 Å². The van der Waals surface area contributed by atoms with E-state index < -0.39 is 11.5 Å². The summed E-state index contributed by atoms with van der Waals surface area (Å²) >= 11 is 0. The van der Waals surface area contributed by atoms with Crippen molar-refractivity contribution < 1.29 is 15.0 Å². The molecule has 14 heavy (non-hydrogen) atoms. The largest absolute Gasteiger partial charge is 0.480 e. The van der Waals surface area contributed by atoms with Crippen LogP contribution in [0.4, 0.5) is 0 Å². The maximum Gasteiger partial charge on any atom is 0.328 e. The van der Waals surface area contributed by atoms with Crippen LogP contribution in [-0.4, -0.2) is 21.2 Å². The molecule has 0 aromatic carbocycles. The second-order valence-corrected chi connectivity index (χ2v) is 3.20. The highest BCUT2D eigenvalue weighted by atomic mass is 16.4. The van der Waals surface area contributed by atoms with Gasteiger partial charge < -0.3 is 15.9 Å². The molecule has 1 heterocycles. The lowest BCUT2D eigenvalue weighted by atomic mass is 9.91. The van der Waals surface area contributed by atoms with Gasteiger partial charge in [-0.1, -0.05) is 0 Å². The first-order valence-corrected chi connectivity index (χ1v) is 4.06. The van der Waals surface area contributed by atoms with Gasteiger partial charge in [-0.25, -0.2) is 4.79 Å². The number of rotatable bonds is 3. The fourth-order valence-electron chi connectivity index (χ4n) is 1.18. The molecule has 0 bridgehead atoms. The minimum Gasteiger partial charge on any atom is -0.480 e. The second kappa shape index (κ2) is 3.73. The molecule has 0 aliphatic heterocycles. The van der Waals surface area contributed by atoms with Crippen LogP contribution in [0.3, 0.4) is 0 Å². The summed E-state index contributed by atoms with van der Waals surface area (Å²) in [5.74, 6) is -1.14. The molecule has 1 aromatic rings. The standard InChI is InChI=1S/C9H12N2O3/c1-9(10,8(13)14)7-2-3-11-4-6(7)5-12/h2-4,12H,5,10H2,1H3,(H,13,14)/t9-/m0/s1. The van der Waals surface area contributed by atoms with Crippen molar-refractivity contribution in [1.82, 2.24) is 4.98 Å². The Labute approximate surface area is 81.2 Å². The van der Waals surface area contributed by atoms with Gasteiger partial charge in [0.25, 0.3) is 0 Å². The molecule has 1 atom stereocenters. The third-order valence-electron chi connectivity index (χ3n) is 2.08. The van der Waals surface area contributed by atoms with E-state index in [1.807, 2.05) is 0 Å². The van der Waals surface area contributed by atoms with Crippen LogP contribution in [0.1, 0.15) is 18.1 Å². The average Bonchev–Trinajstić information content (AvgIpc) is 2.17. The van der Waals surface area contributed by atoms with Crippen molar-refractivity contribution >= 4 is 5.97 Å². The Hall–Kier alpha value is -1.46. The van der Waals surface area contributed by atoms with E-state index in [1.54, 1.807) is 0 Å². The molecule has 0 fully saturated rings. The Kier molecular flexibility index (Phi) is 2.83. The maximum absolute atomic E-state index is 10.9. The van der Waals surface area contributed by atoms with Crippen molar-refractivity contribution in [2.24, 2.45) is 5.73 Å². The highest BCUT2D eigenvalue weighted by molar-refractivity contribution is 5.80. The van der Waals surface area contributed by atoms with Crippen LogP contribution in [0.25, 0.3) is 0 Å². The summed E-state index contributed by atoms with van der Waals surface area (Å²) in [4.78, 5) is 14.6. The molecule has 76 valence electrons. The molecular formula is C9H12N2O3. The average molecular weight is 196 g/mol. The fraction of sp³-hybridized carbons (Fsp3) is 0.333. The highest BCUT2D eigenvalue weighted by Gasteiger charge is 2.32. The molecule has 0 spiro atoms. The van der Waals surface area contributed by atoms with Gasteiger partial charge in [-0.05, 0) is 18.6 Å². The zero-order chi connectivity index (χ0) is 10.8. The second-order valence-electron chi connectivity index (χ2n) is 3.20. The molecule has 1 rings (SSSR count). The van der Waals surface area contributed by atoms with Gasteiger partial charge in [-0.3, -0.25) is 4.98 Å². The number of aliphatic carboxylic acids is 1. The molecule has 5 heteroatoms. The van der Waals surface area contributed by atoms with Gasteiger partial charge in [0.1, 0.15) is 5.54 Å². The third-order valence-corrected chi connectivity index (χ3v) is 2.08. The van der Waals surface area contributed by atoms with Crippen molar-refractivity contribution in [3.05, 3.63) is 29.6 Å². The van der Waals surface area contributed by atoms with Gasteiger partial charge in [0, 0.05) is 18.0 Å². The summed E-state index contributed by atoms with van der Waals surface area (Å²) in [6.07, 6.45) is 2.85. The molecule has 0 radical (unpaired) electrons. The van der Waals surface area contributed by atoms with Gasteiger partial charge in [0.15, 0.2) is 0 Å². The Morgan fingerprint density at radius 1 is 1.71 bits per heavy atom. The molecule has 0 saturated carbocycles. The predicted molar refractivity (Wildman–Crippen MR) is 49.3 cm³/mol. The van der Waals surface area contributed by atoms with Gasteiger partial charge in [0.2, 0.25) is 0 Å². The molecular weight excluding hydrogens is 184 g/mol. The quantitative estimate of drug-likeness (QED) is 0.623. The number of carbonyl (C=O) groups is 1. The zero-order valence-corrected chi connectivity index (χ0v) is 7.77. The summed E-state index contributed by atoms with van der Waals surface area (Å²) in [7, 11) is 0. The monoisotopic (exact) mass is 196 g/mol. The summed E-state index contributed by atoms with van der Waals surface area (Å²) in [6, 6.07) is 1.50. The number of carboxylic acids is 1. The first kappa shape index (κ1) is 10.6. The fourth-order valence-corrected chi connectivity index (χ4v) is 1.18. The number of aliphatic hydroxyl groups excluding tert-OH is 1. The van der Waals surface area contributed by atoms with Crippen LogP contribution in [0.15, 0.2) is 18.5 Å². The van der Waals surface area contributed by atoms with Gasteiger partial charge in [-0.15, -0.1) is 0 Å². The van der Waals surface area contributed by atoms with Gasteiger partial charge in [-0.2, -0.15) is 0 Å². The summed E-state index contributed by atoms with van der Waals surface area (Å²) < 4.78 is 0. The molecule has 0 aliphatic carbocycles. The number of pyridine rings is 1. The molecule has 0 unspecified atom stereocenters. The predicted octanol–water partition coefficient (Wildman–Crippen LogP) is -0.168. The van der Waals surface area contributed by atoms with Crippen molar-refractivity contribution in [3.63, 3.8) is 0 Å². The van der Waals surface area contributed by atoms with Crippen molar-refractivity contribution in [1.29, 1.82) is 0 Å². The summed E-state index contributed by atoms with van der Waals surface area (Å²) in [6.45, 7) is 1.10. The van der Waals surface area contributed by atoms with Crippen LogP contribution in [0, 0.1) is 0 Å². The number of aromatic nitrogens is 1. The number of nitrogens with two attached hydrogens (primary N) is 1. The first-order valence-electron chi connectivity index (χ1n) is 4.06. The number of hydrogen-bond acceptors (Lipinski definition) is 4. The maximum atomic E-state index is 10.9. The van der Waals surface area contributed by atoms with Crippen molar-refractivity contribution in [2.45, 2.75) is 19.1 Å². The Bertz CT molecular complexity index is 350. The minimum atomic E-state index is -1.50. The van der Waals surface area contributed by atoms with E-state index in [4.69, 9.17) is 15.9 Å². The van der Waals surface area contributed by atoms with Crippen molar-refractivity contribution in [2.75, 3.05) is 0 Å². The summed E-state index contributed by atoms with van der Waals surface area (Å²) in [5, 5.41) is 17.9. The third kappa shape index (κ3) is 1.73. The van der Waals surface area contributed by atoms with Crippen LogP contribution >= 0.6 is 0 Å². The lowest BCUT2D eigenvalue weighted by molar-refractivity contribution is -0.143. The van der Waals surface area contributed by atoms with Crippen LogP contribution in [0.2, 0.25) is 0 Å². The zero-order valence-electron chi connectivity index (χ0n) is 7.77. The molecule has 1 aromatic heterocycles. The lowest BCUT2D eigenvalue weighted by Gasteiger charge is -2.21. The number of hydrogen-bond donors (Lipinski definition) is 3. The topological polar surface area (TPSA) is 96.4 Å². The van der Waals surface area contributed by atoms with Crippen LogP contribution < -0.4 is 5.73 Å². The van der Waals surface area contributed by atoms with E-state index in [-0.39, 0.29) is 6.61 Å². The summed E-state index contributed by atoms with van der Waals surface area (Å²) in [5.41, 5.74) is 4.93. The molecule has 0 saturated heterocycles. The lowest BCUT2D eigenvalue weighted by Crippen LogP contribution is -2.42. The van der Waals surface area contributed by atoms with E-state index in [0.29, 0.717) is 11.1 Å². The number of carboxylic acid groups (broad SMARTS) is 1. The SMILES string of the molecule is C[C@@](N)(C(=O)O)c1ccncc1CO. The van der Waals surface area contributed by atoms with Gasteiger partial charge >= 0.3 is 5.97 Å². The molecule has 0 amide bonds. The van der Waals surface area contributed by atoms with Crippen LogP contribution in [-0.2, 0) is 16.9 Å². The number of nitrogens with zero attached hydrogens (tertiary/aromatic N) is 1.